The summed E-state index contributed by atoms with van der Waals surface area (Å²) in [5, 5.41) is 0. The van der Waals surface area contributed by atoms with Gasteiger partial charge < -0.3 is 10.5 Å². The van der Waals surface area contributed by atoms with Crippen molar-refractivity contribution in [1.29, 1.82) is 0 Å². The number of nitrogens with zero attached hydrogens (tertiary/aromatic N) is 1. The quantitative estimate of drug-likeness (QED) is 0.910. The van der Waals surface area contributed by atoms with Crippen LogP contribution in [-0.2, 0) is 0 Å². The first kappa shape index (κ1) is 12.4. The molecule has 2 rings (SSSR count). The van der Waals surface area contributed by atoms with E-state index in [1.54, 1.807) is 12.1 Å². The summed E-state index contributed by atoms with van der Waals surface area (Å²) in [4.78, 5) is 4.02. The number of hydrogen-bond acceptors (Lipinski definition) is 3. The Labute approximate surface area is 103 Å². The average molecular weight is 250 g/mol. The summed E-state index contributed by atoms with van der Waals surface area (Å²) >= 11 is 0. The van der Waals surface area contributed by atoms with Crippen molar-refractivity contribution in [2.24, 2.45) is 5.73 Å². The van der Waals surface area contributed by atoms with Crippen LogP contribution in [0.25, 0.3) is 0 Å². The molecule has 0 bridgehead atoms. The Balaban J connectivity index is 2.51. The Morgan fingerprint density at radius 3 is 2.44 bits per heavy atom. The molecule has 0 aliphatic carbocycles. The van der Waals surface area contributed by atoms with Gasteiger partial charge in [-0.15, -0.1) is 0 Å². The third-order valence-corrected chi connectivity index (χ3v) is 2.62. The highest BCUT2D eigenvalue weighted by Gasteiger charge is 2.22. The van der Waals surface area contributed by atoms with Gasteiger partial charge in [-0.3, -0.25) is 4.98 Å². The van der Waals surface area contributed by atoms with Crippen LogP contribution < -0.4 is 10.5 Å². The van der Waals surface area contributed by atoms with Crippen LogP contribution in [0.15, 0.2) is 36.5 Å². The van der Waals surface area contributed by atoms with Crippen LogP contribution in [0.4, 0.5) is 8.78 Å². The van der Waals surface area contributed by atoms with Gasteiger partial charge in [-0.25, -0.2) is 8.78 Å². The molecule has 0 spiro atoms. The van der Waals surface area contributed by atoms with Crippen molar-refractivity contribution in [3.8, 4) is 5.75 Å². The smallest absolute Gasteiger partial charge is 0.142 e. The van der Waals surface area contributed by atoms with Crippen LogP contribution >= 0.6 is 0 Å². The van der Waals surface area contributed by atoms with Gasteiger partial charge in [-0.1, -0.05) is 6.07 Å². The number of aromatic nitrogens is 1. The molecule has 1 unspecified atom stereocenters. The first-order valence-electron chi connectivity index (χ1n) is 5.33. The van der Waals surface area contributed by atoms with E-state index in [0.29, 0.717) is 11.4 Å². The molecule has 94 valence electrons. The number of nitrogens with two attached hydrogens (primary N) is 1. The van der Waals surface area contributed by atoms with Gasteiger partial charge >= 0.3 is 0 Å². The molecule has 5 heteroatoms. The summed E-state index contributed by atoms with van der Waals surface area (Å²) in [6.07, 6.45) is 1.50. The number of methoxy groups -OCH3 is 1. The second-order valence-corrected chi connectivity index (χ2v) is 3.70. The van der Waals surface area contributed by atoms with Crippen molar-refractivity contribution >= 4 is 0 Å². The number of pyridine rings is 1. The first-order chi connectivity index (χ1) is 8.65. The summed E-state index contributed by atoms with van der Waals surface area (Å²) in [7, 11) is 1.45. The number of benzene rings is 1. The van der Waals surface area contributed by atoms with Gasteiger partial charge in [0.2, 0.25) is 0 Å². The fraction of sp³-hybridized carbons (Fsp3) is 0.154. The van der Waals surface area contributed by atoms with E-state index in [0.717, 1.165) is 12.1 Å². The Morgan fingerprint density at radius 2 is 1.83 bits per heavy atom. The predicted molar refractivity (Wildman–Crippen MR) is 63.2 cm³/mol. The van der Waals surface area contributed by atoms with E-state index < -0.39 is 17.7 Å². The molecule has 1 aromatic heterocycles. The summed E-state index contributed by atoms with van der Waals surface area (Å²) in [5.41, 5.74) is 5.95. The third-order valence-electron chi connectivity index (χ3n) is 2.62. The molecule has 1 heterocycles. The molecule has 0 aliphatic rings. The van der Waals surface area contributed by atoms with Gasteiger partial charge in [0.15, 0.2) is 0 Å². The van der Waals surface area contributed by atoms with Crippen LogP contribution in [-0.4, -0.2) is 12.1 Å². The maximum Gasteiger partial charge on any atom is 0.142 e. The molecular formula is C13H12F2N2O. The van der Waals surface area contributed by atoms with E-state index in [1.807, 2.05) is 0 Å². The Kier molecular flexibility index (Phi) is 3.53. The van der Waals surface area contributed by atoms with Gasteiger partial charge in [0.25, 0.3) is 0 Å². The molecule has 0 fully saturated rings. The summed E-state index contributed by atoms with van der Waals surface area (Å²) < 4.78 is 32.3. The normalized spacial score (nSPS) is 12.2. The van der Waals surface area contributed by atoms with Crippen LogP contribution in [0.5, 0.6) is 5.75 Å². The fourth-order valence-electron chi connectivity index (χ4n) is 1.75. The van der Waals surface area contributed by atoms with Crippen molar-refractivity contribution < 1.29 is 13.5 Å². The van der Waals surface area contributed by atoms with Crippen molar-refractivity contribution in [3.05, 3.63) is 59.4 Å². The Morgan fingerprint density at radius 1 is 1.17 bits per heavy atom. The largest absolute Gasteiger partial charge is 0.495 e. The lowest BCUT2D eigenvalue weighted by Gasteiger charge is -2.15. The van der Waals surface area contributed by atoms with E-state index >= 15 is 0 Å². The molecule has 0 saturated heterocycles. The highest BCUT2D eigenvalue weighted by atomic mass is 19.1. The molecule has 2 aromatic rings. The second-order valence-electron chi connectivity index (χ2n) is 3.70. The molecule has 0 aliphatic heterocycles. The number of halogens is 2. The molecule has 3 nitrogen and oxygen atoms in total. The van der Waals surface area contributed by atoms with Crippen LogP contribution in [0, 0.1) is 11.6 Å². The van der Waals surface area contributed by atoms with Gasteiger partial charge in [0.05, 0.1) is 13.2 Å². The fourth-order valence-corrected chi connectivity index (χ4v) is 1.75. The summed E-state index contributed by atoms with van der Waals surface area (Å²) in [6.45, 7) is 0. The van der Waals surface area contributed by atoms with Crippen molar-refractivity contribution in [2.45, 2.75) is 6.04 Å². The van der Waals surface area contributed by atoms with Gasteiger partial charge in [0.1, 0.15) is 23.1 Å². The van der Waals surface area contributed by atoms with E-state index in [1.165, 1.54) is 19.4 Å². The highest BCUT2D eigenvalue weighted by molar-refractivity contribution is 5.37. The zero-order chi connectivity index (χ0) is 13.1. The van der Waals surface area contributed by atoms with Gasteiger partial charge in [0, 0.05) is 11.8 Å². The first-order valence-corrected chi connectivity index (χ1v) is 5.33. The number of hydrogen-bond donors (Lipinski definition) is 1. The number of ether oxygens (including phenoxy) is 1. The van der Waals surface area contributed by atoms with Crippen molar-refractivity contribution in [1.82, 2.24) is 4.98 Å². The maximum absolute atomic E-state index is 13.6. The predicted octanol–water partition coefficient (Wildman–Crippen LogP) is 2.42. The van der Waals surface area contributed by atoms with Crippen molar-refractivity contribution in [3.63, 3.8) is 0 Å². The average Bonchev–Trinajstić information content (AvgIpc) is 2.38. The van der Waals surface area contributed by atoms with E-state index in [4.69, 9.17) is 10.5 Å². The number of rotatable bonds is 3. The standard InChI is InChI=1S/C13H12F2N2O/c1-18-10-6-3-7-17-13(10)12(16)11-8(14)4-2-5-9(11)15/h2-7,12H,16H2,1H3. The van der Waals surface area contributed by atoms with Crippen LogP contribution in [0.1, 0.15) is 17.3 Å². The second kappa shape index (κ2) is 5.10. The molecule has 0 radical (unpaired) electrons. The summed E-state index contributed by atoms with van der Waals surface area (Å²) in [5.74, 6) is -1.00. The molecule has 1 aromatic carbocycles. The van der Waals surface area contributed by atoms with Crippen LogP contribution in [0.3, 0.4) is 0 Å². The lowest BCUT2D eigenvalue weighted by atomic mass is 10.0. The van der Waals surface area contributed by atoms with Crippen LogP contribution in [0.2, 0.25) is 0 Å². The zero-order valence-corrected chi connectivity index (χ0v) is 9.73. The lowest BCUT2D eigenvalue weighted by Crippen LogP contribution is -2.17. The van der Waals surface area contributed by atoms with E-state index in [2.05, 4.69) is 4.98 Å². The molecule has 0 saturated carbocycles. The minimum atomic E-state index is -1.01. The minimum Gasteiger partial charge on any atom is -0.495 e. The maximum atomic E-state index is 13.6. The Hall–Kier alpha value is -2.01. The molecule has 18 heavy (non-hydrogen) atoms. The summed E-state index contributed by atoms with van der Waals surface area (Å²) in [6, 6.07) is 5.90. The minimum absolute atomic E-state index is 0.213. The third kappa shape index (κ3) is 2.17. The monoisotopic (exact) mass is 250 g/mol. The molecule has 2 N–H and O–H groups in total. The van der Waals surface area contributed by atoms with E-state index in [9.17, 15) is 8.78 Å². The Bertz CT molecular complexity index is 540. The molecule has 1 atom stereocenters. The van der Waals surface area contributed by atoms with Gasteiger partial charge in [-0.2, -0.15) is 0 Å². The zero-order valence-electron chi connectivity index (χ0n) is 9.73. The van der Waals surface area contributed by atoms with Crippen molar-refractivity contribution in [2.75, 3.05) is 7.11 Å². The molecule has 0 amide bonds. The molecular weight excluding hydrogens is 238 g/mol. The van der Waals surface area contributed by atoms with Gasteiger partial charge in [-0.05, 0) is 24.3 Å². The topological polar surface area (TPSA) is 48.1 Å². The SMILES string of the molecule is COc1cccnc1C(N)c1c(F)cccc1F. The van der Waals surface area contributed by atoms with E-state index in [-0.39, 0.29) is 5.56 Å². The lowest BCUT2D eigenvalue weighted by molar-refractivity contribution is 0.403. The highest BCUT2D eigenvalue weighted by Crippen LogP contribution is 2.28.